The van der Waals surface area contributed by atoms with Gasteiger partial charge in [-0.25, -0.2) is 9.89 Å². The van der Waals surface area contributed by atoms with E-state index in [9.17, 15) is 14.7 Å². The van der Waals surface area contributed by atoms with E-state index in [1.54, 1.807) is 7.05 Å². The van der Waals surface area contributed by atoms with E-state index in [0.29, 0.717) is 17.5 Å². The highest BCUT2D eigenvalue weighted by Crippen LogP contribution is 2.42. The van der Waals surface area contributed by atoms with E-state index in [1.807, 2.05) is 6.92 Å². The maximum atomic E-state index is 11.6. The Morgan fingerprint density at radius 2 is 2.37 bits per heavy atom. The standard InChI is InChI=1S/C11H18N4O3S/c1-3-12-11(8(16)17,7-4-5-7)6-19-10-14-13-9(18)15(10)2/h7,12H,3-6H2,1-2H3,(H,13,18)(H,16,17). The molecular formula is C11H18N4O3S. The van der Waals surface area contributed by atoms with Crippen molar-refractivity contribution in [3.05, 3.63) is 10.5 Å². The summed E-state index contributed by atoms with van der Waals surface area (Å²) in [4.78, 5) is 22.9. The van der Waals surface area contributed by atoms with E-state index >= 15 is 0 Å². The lowest BCUT2D eigenvalue weighted by atomic mass is 9.96. The Bertz CT molecular complexity index is 522. The molecule has 1 fully saturated rings. The van der Waals surface area contributed by atoms with Crippen molar-refractivity contribution in [2.45, 2.75) is 30.5 Å². The molecule has 2 rings (SSSR count). The van der Waals surface area contributed by atoms with Crippen molar-refractivity contribution >= 4 is 17.7 Å². The minimum Gasteiger partial charge on any atom is -0.480 e. The maximum absolute atomic E-state index is 11.6. The second-order valence-electron chi connectivity index (χ2n) is 4.74. The van der Waals surface area contributed by atoms with Crippen molar-refractivity contribution in [1.29, 1.82) is 0 Å². The highest BCUT2D eigenvalue weighted by atomic mass is 32.2. The number of thioether (sulfide) groups is 1. The molecule has 1 aliphatic rings. The third-order valence-corrected chi connectivity index (χ3v) is 4.64. The average molecular weight is 286 g/mol. The smallest absolute Gasteiger partial charge is 0.343 e. The van der Waals surface area contributed by atoms with Crippen LogP contribution in [0.15, 0.2) is 9.95 Å². The summed E-state index contributed by atoms with van der Waals surface area (Å²) in [7, 11) is 1.61. The van der Waals surface area contributed by atoms with Gasteiger partial charge in [0.1, 0.15) is 5.54 Å². The number of aliphatic carboxylic acids is 1. The van der Waals surface area contributed by atoms with Crippen LogP contribution < -0.4 is 11.0 Å². The van der Waals surface area contributed by atoms with Gasteiger partial charge in [-0.2, -0.15) is 0 Å². The van der Waals surface area contributed by atoms with Crippen LogP contribution in [0, 0.1) is 5.92 Å². The van der Waals surface area contributed by atoms with Gasteiger partial charge in [0.2, 0.25) is 0 Å². The molecule has 1 aromatic rings. The number of aromatic nitrogens is 3. The van der Waals surface area contributed by atoms with Gasteiger partial charge in [-0.15, -0.1) is 5.10 Å². The Morgan fingerprint density at radius 3 is 2.79 bits per heavy atom. The van der Waals surface area contributed by atoms with Crippen molar-refractivity contribution in [3.8, 4) is 0 Å². The molecule has 106 valence electrons. The lowest BCUT2D eigenvalue weighted by molar-refractivity contribution is -0.144. The first kappa shape index (κ1) is 14.1. The molecule has 8 heteroatoms. The first-order valence-corrected chi connectivity index (χ1v) is 7.22. The number of hydrogen-bond acceptors (Lipinski definition) is 5. The number of hydrogen-bond donors (Lipinski definition) is 3. The summed E-state index contributed by atoms with van der Waals surface area (Å²) in [6.07, 6.45) is 1.86. The van der Waals surface area contributed by atoms with Crippen molar-refractivity contribution in [2.75, 3.05) is 12.3 Å². The average Bonchev–Trinajstić information content (AvgIpc) is 3.16. The molecule has 1 saturated carbocycles. The van der Waals surface area contributed by atoms with E-state index in [4.69, 9.17) is 0 Å². The highest BCUT2D eigenvalue weighted by Gasteiger charge is 2.50. The van der Waals surface area contributed by atoms with Gasteiger partial charge in [0.15, 0.2) is 5.16 Å². The molecule has 1 unspecified atom stereocenters. The highest BCUT2D eigenvalue weighted by molar-refractivity contribution is 7.99. The van der Waals surface area contributed by atoms with Crippen LogP contribution in [0.25, 0.3) is 0 Å². The molecule has 0 bridgehead atoms. The Morgan fingerprint density at radius 1 is 1.68 bits per heavy atom. The summed E-state index contributed by atoms with van der Waals surface area (Å²) in [6, 6.07) is 0. The molecule has 0 saturated heterocycles. The molecule has 7 nitrogen and oxygen atoms in total. The monoisotopic (exact) mass is 286 g/mol. The first-order chi connectivity index (χ1) is 9.01. The quantitative estimate of drug-likeness (QED) is 0.612. The number of H-pyrrole nitrogens is 1. The zero-order valence-electron chi connectivity index (χ0n) is 11.0. The molecule has 1 heterocycles. The van der Waals surface area contributed by atoms with Crippen LogP contribution in [-0.2, 0) is 11.8 Å². The van der Waals surface area contributed by atoms with Gasteiger partial charge in [-0.3, -0.25) is 9.36 Å². The van der Waals surface area contributed by atoms with Gasteiger partial charge >= 0.3 is 11.7 Å². The molecule has 0 amide bonds. The molecule has 0 aromatic carbocycles. The first-order valence-electron chi connectivity index (χ1n) is 6.24. The summed E-state index contributed by atoms with van der Waals surface area (Å²) in [6.45, 7) is 2.50. The number of carbonyl (C=O) groups is 1. The van der Waals surface area contributed by atoms with Crippen molar-refractivity contribution in [1.82, 2.24) is 20.1 Å². The van der Waals surface area contributed by atoms with E-state index in [1.165, 1.54) is 16.3 Å². The fraction of sp³-hybridized carbons (Fsp3) is 0.727. The number of likely N-dealkylation sites (N-methyl/N-ethyl adjacent to an activating group) is 1. The third-order valence-electron chi connectivity index (χ3n) is 3.42. The van der Waals surface area contributed by atoms with Gasteiger partial charge in [0.25, 0.3) is 0 Å². The summed E-state index contributed by atoms with van der Waals surface area (Å²) in [5.74, 6) is -0.308. The van der Waals surface area contributed by atoms with Crippen LogP contribution in [0.2, 0.25) is 0 Å². The van der Waals surface area contributed by atoms with E-state index < -0.39 is 11.5 Å². The maximum Gasteiger partial charge on any atom is 0.343 e. The molecule has 19 heavy (non-hydrogen) atoms. The predicted molar refractivity (Wildman–Crippen MR) is 71.3 cm³/mol. The Hall–Kier alpha value is -1.28. The minimum atomic E-state index is -0.922. The molecule has 1 atom stereocenters. The topological polar surface area (TPSA) is 100 Å². The molecule has 0 radical (unpaired) electrons. The van der Waals surface area contributed by atoms with Crippen LogP contribution >= 0.6 is 11.8 Å². The van der Waals surface area contributed by atoms with Gasteiger partial charge in [0, 0.05) is 12.8 Å². The fourth-order valence-corrected chi connectivity index (χ4v) is 3.36. The zero-order chi connectivity index (χ0) is 14.0. The van der Waals surface area contributed by atoms with Crippen LogP contribution in [0.1, 0.15) is 19.8 Å². The Balaban J connectivity index is 2.14. The van der Waals surface area contributed by atoms with Gasteiger partial charge in [0.05, 0.1) is 0 Å². The van der Waals surface area contributed by atoms with Crippen LogP contribution in [0.3, 0.4) is 0 Å². The summed E-state index contributed by atoms with van der Waals surface area (Å²) < 4.78 is 1.39. The van der Waals surface area contributed by atoms with Crippen molar-refractivity contribution in [2.24, 2.45) is 13.0 Å². The largest absolute Gasteiger partial charge is 0.480 e. The summed E-state index contributed by atoms with van der Waals surface area (Å²) >= 11 is 1.29. The Labute approximate surface area is 114 Å². The SMILES string of the molecule is CCNC(CSc1n[nH]c(=O)n1C)(C(=O)O)C1CC1. The predicted octanol–water partition coefficient (Wildman–Crippen LogP) is 0.0434. The second kappa shape index (κ2) is 5.38. The number of nitrogens with one attached hydrogen (secondary N) is 2. The Kier molecular flexibility index (Phi) is 4.00. The van der Waals surface area contributed by atoms with E-state index in [-0.39, 0.29) is 11.6 Å². The number of aromatic amines is 1. The molecule has 0 spiro atoms. The zero-order valence-corrected chi connectivity index (χ0v) is 11.8. The van der Waals surface area contributed by atoms with Crippen LogP contribution in [0.4, 0.5) is 0 Å². The number of rotatable bonds is 7. The summed E-state index contributed by atoms with van der Waals surface area (Å²) in [5.41, 5.74) is -1.22. The molecule has 1 aromatic heterocycles. The number of carboxylic acid groups (broad SMARTS) is 1. The van der Waals surface area contributed by atoms with E-state index in [2.05, 4.69) is 15.5 Å². The van der Waals surface area contributed by atoms with Gasteiger partial charge < -0.3 is 10.4 Å². The van der Waals surface area contributed by atoms with Gasteiger partial charge in [-0.05, 0) is 25.3 Å². The minimum absolute atomic E-state index is 0.161. The van der Waals surface area contributed by atoms with Crippen LogP contribution in [0.5, 0.6) is 0 Å². The molecular weight excluding hydrogens is 268 g/mol. The number of carboxylic acids is 1. The van der Waals surface area contributed by atoms with E-state index in [0.717, 1.165) is 12.8 Å². The lowest BCUT2D eigenvalue weighted by Crippen LogP contribution is -2.56. The molecule has 3 N–H and O–H groups in total. The summed E-state index contributed by atoms with van der Waals surface area (Å²) in [5, 5.41) is 19.4. The fourth-order valence-electron chi connectivity index (χ4n) is 2.16. The van der Waals surface area contributed by atoms with Crippen LogP contribution in [-0.4, -0.2) is 43.7 Å². The van der Waals surface area contributed by atoms with Crippen molar-refractivity contribution < 1.29 is 9.90 Å². The number of nitrogens with zero attached hydrogens (tertiary/aromatic N) is 2. The second-order valence-corrected chi connectivity index (χ2v) is 5.68. The lowest BCUT2D eigenvalue weighted by Gasteiger charge is -2.29. The van der Waals surface area contributed by atoms with Crippen molar-refractivity contribution in [3.63, 3.8) is 0 Å². The molecule has 0 aliphatic heterocycles. The normalized spacial score (nSPS) is 18.2. The third kappa shape index (κ3) is 2.69. The van der Waals surface area contributed by atoms with Gasteiger partial charge in [-0.1, -0.05) is 18.7 Å². The molecule has 1 aliphatic carbocycles.